The monoisotopic (exact) mass is 1560 g/mol. The fourth-order valence-corrected chi connectivity index (χ4v) is 14.8. The fraction of sp³-hybridized carbons (Fsp3) is 0.325. The van der Waals surface area contributed by atoms with Crippen molar-refractivity contribution in [3.63, 3.8) is 0 Å². The van der Waals surface area contributed by atoms with Crippen molar-refractivity contribution >= 4 is 150 Å². The Morgan fingerprint density at radius 2 is 0.870 bits per heavy atom. The number of para-hydroxylation sites is 2. The van der Waals surface area contributed by atoms with Crippen molar-refractivity contribution < 1.29 is 72.2 Å². The summed E-state index contributed by atoms with van der Waals surface area (Å²) in [4.78, 5) is 191. The van der Waals surface area contributed by atoms with Crippen LogP contribution in [0.2, 0.25) is 0 Å². The summed E-state index contributed by atoms with van der Waals surface area (Å²) >= 11 is 0. The molecule has 8 heterocycles. The third-order valence-corrected chi connectivity index (χ3v) is 20.8. The number of nitrogens with two attached hydrogens (primary N) is 3. The van der Waals surface area contributed by atoms with Crippen LogP contribution in [-0.2, 0) is 38.4 Å². The standard InChI is InChI=1S/C42H44N8O7.C26H32N6O2.C15H13N3O6/c43-39(54)31-25-45-32-16-15-27(23-30(32)38(31)46-26-9-4-3-5-10-26)48-19-21-49(22-20-48)36(53)14-7-2-1-6-11-28(51)24-44-33-13-8-12-29-37(33)42(57)50(41(29)56)34-17-18-35(52)47-40(34)55;27-12-6-2-5-9-24(33)32-15-13-31(14-16-32)20-10-11-23-21(17-20)25(22(18-29-23)26(28)34)30-19-7-3-1-4-8-19;19-10-5-4-9(13(22)17-10)18-14(23)7-2-1-3-8(12(7)15(18)24)16-6-11(20)21/h3-5,8-10,12-13,15-16,23,25,34,44H,1-2,6-7,11,14,17-22,24H2,(H2,43,54)(H,45,46)(H,47,52,55);1,3-4,7-8,10-11,17-18H,2,5-6,9,12-16,27H2,(H2,28,34)(H,29,30);1-3,9,16H,4-6H2,(H,20,21)(H,17,19,22). The van der Waals surface area contributed by atoms with Crippen molar-refractivity contribution in [3.05, 3.63) is 179 Å². The van der Waals surface area contributed by atoms with Crippen LogP contribution >= 0.6 is 0 Å². The molecule has 0 bridgehead atoms. The SMILES string of the molecule is NC(=O)c1cnc2ccc(N3CCN(C(=O)CCCCCCC(=O)CNc4cccc5c4C(=O)N(C4CCC(=O)NC4=O)C5=O)CC3)cc2c1Nc1ccccc1.NCCCCCC(=O)N1CCN(c2ccc3ncc(C(N)=O)c(Nc4ccccc4)c3c2)CC1.O=C(O)CNc1cccc2c1C(=O)N(C1CCC(=O)NC1=O)C2=O. The molecule has 6 aliphatic heterocycles. The van der Waals surface area contributed by atoms with Gasteiger partial charge in [0.25, 0.3) is 35.4 Å². The lowest BCUT2D eigenvalue weighted by atomic mass is 10.0. The first-order valence-electron chi connectivity index (χ1n) is 38.3. The number of anilines is 8. The van der Waals surface area contributed by atoms with Crippen LogP contribution in [0.5, 0.6) is 0 Å². The van der Waals surface area contributed by atoms with Crippen molar-refractivity contribution in [2.24, 2.45) is 17.2 Å². The van der Waals surface area contributed by atoms with Gasteiger partial charge >= 0.3 is 5.97 Å². The number of carboxylic acids is 1. The lowest BCUT2D eigenvalue weighted by Gasteiger charge is -2.36. The molecule has 8 aromatic rings. The zero-order chi connectivity index (χ0) is 81.4. The number of Topliss-reactive ketones (excluding diaryl/α,β-unsaturated/α-hetero) is 1. The zero-order valence-electron chi connectivity index (χ0n) is 63.2. The lowest BCUT2D eigenvalue weighted by molar-refractivity contribution is -0.137. The number of hydrogen-bond donors (Lipinski definition) is 10. The number of carboxylic acid groups (broad SMARTS) is 1. The van der Waals surface area contributed by atoms with E-state index in [1.807, 2.05) is 107 Å². The Kier molecular flexibility index (Phi) is 26.2. The van der Waals surface area contributed by atoms with E-state index in [1.165, 1.54) is 36.7 Å². The van der Waals surface area contributed by atoms with Crippen LogP contribution in [0.4, 0.5) is 45.5 Å². The molecule has 32 heteroatoms. The second kappa shape index (κ2) is 37.2. The molecule has 6 aliphatic rings. The van der Waals surface area contributed by atoms with Crippen molar-refractivity contribution in [2.45, 2.75) is 102 Å². The highest BCUT2D eigenvalue weighted by molar-refractivity contribution is 6.27. The maximum Gasteiger partial charge on any atom is 0.322 e. The number of piperidine rings is 2. The van der Waals surface area contributed by atoms with Crippen molar-refractivity contribution in [2.75, 3.05) is 103 Å². The number of nitrogens with zero attached hydrogens (tertiary/aromatic N) is 8. The predicted octanol–water partition coefficient (Wildman–Crippen LogP) is 6.98. The third kappa shape index (κ3) is 19.2. The van der Waals surface area contributed by atoms with Gasteiger partial charge in [-0.2, -0.15) is 0 Å². The van der Waals surface area contributed by atoms with Crippen molar-refractivity contribution in [1.82, 2.24) is 40.2 Å². The molecule has 4 fully saturated rings. The summed E-state index contributed by atoms with van der Waals surface area (Å²) < 4.78 is 0. The summed E-state index contributed by atoms with van der Waals surface area (Å²) in [6.45, 7) is 5.63. The summed E-state index contributed by atoms with van der Waals surface area (Å²) in [5.74, 6) is -6.77. The Labute approximate surface area is 660 Å². The van der Waals surface area contributed by atoms with Crippen molar-refractivity contribution in [1.29, 1.82) is 0 Å². The smallest absolute Gasteiger partial charge is 0.322 e. The lowest BCUT2D eigenvalue weighted by Crippen LogP contribution is -2.54. The number of piperazine rings is 2. The molecule has 0 spiro atoms. The first kappa shape index (κ1) is 81.0. The molecule has 2 aromatic heterocycles. The normalized spacial score (nSPS) is 16.6. The minimum absolute atomic E-state index is 0.0304. The van der Waals surface area contributed by atoms with Crippen LogP contribution in [0.3, 0.4) is 0 Å². The molecule has 13 N–H and O–H groups in total. The number of unbranched alkanes of at least 4 members (excludes halogenated alkanes) is 5. The predicted molar refractivity (Wildman–Crippen MR) is 429 cm³/mol. The molecule has 6 aromatic carbocycles. The average molecular weight is 1560 g/mol. The van der Waals surface area contributed by atoms with E-state index in [0.29, 0.717) is 99.7 Å². The van der Waals surface area contributed by atoms with Gasteiger partial charge in [-0.3, -0.25) is 97.5 Å². The molecule has 0 radical (unpaired) electrons. The first-order valence-corrected chi connectivity index (χ1v) is 38.3. The van der Waals surface area contributed by atoms with Crippen LogP contribution in [0, 0.1) is 0 Å². The Hall–Kier alpha value is -13.5. The number of aliphatic carboxylic acids is 1. The number of imide groups is 4. The minimum atomic E-state index is -1.12. The highest BCUT2D eigenvalue weighted by Crippen LogP contribution is 2.38. The number of ketones is 1. The fourth-order valence-electron chi connectivity index (χ4n) is 14.8. The van der Waals surface area contributed by atoms with Crippen LogP contribution in [0.15, 0.2) is 146 Å². The van der Waals surface area contributed by atoms with Crippen LogP contribution in [-0.4, -0.2) is 201 Å². The van der Waals surface area contributed by atoms with E-state index < -0.39 is 83.7 Å². The number of rotatable bonds is 28. The topological polar surface area (TPSA) is 455 Å². The molecule has 32 nitrogen and oxygen atoms in total. The van der Waals surface area contributed by atoms with E-state index in [9.17, 15) is 67.1 Å². The Morgan fingerprint density at radius 1 is 0.461 bits per heavy atom. The maximum absolute atomic E-state index is 13.3. The Morgan fingerprint density at radius 3 is 1.27 bits per heavy atom. The van der Waals surface area contributed by atoms with Gasteiger partial charge in [0.1, 0.15) is 18.6 Å². The van der Waals surface area contributed by atoms with Crippen LogP contribution in [0.25, 0.3) is 21.8 Å². The molecule has 4 saturated heterocycles. The number of aromatic nitrogens is 2. The second-order valence-corrected chi connectivity index (χ2v) is 28.4. The van der Waals surface area contributed by atoms with Crippen molar-refractivity contribution in [3.8, 4) is 0 Å². The molecule has 596 valence electrons. The number of amides is 12. The summed E-state index contributed by atoms with van der Waals surface area (Å²) in [5.41, 5.74) is 24.9. The summed E-state index contributed by atoms with van der Waals surface area (Å²) in [6, 6.07) is 38.3. The van der Waals surface area contributed by atoms with Gasteiger partial charge in [-0.15, -0.1) is 0 Å². The van der Waals surface area contributed by atoms with Gasteiger partial charge in [0, 0.05) is 142 Å². The number of carbonyl (C=O) groups is 14. The molecule has 115 heavy (non-hydrogen) atoms. The highest BCUT2D eigenvalue weighted by atomic mass is 16.4. The zero-order valence-corrected chi connectivity index (χ0v) is 63.2. The van der Waals surface area contributed by atoms with E-state index in [1.54, 1.807) is 12.1 Å². The molecule has 12 amide bonds. The quantitative estimate of drug-likeness (QED) is 0.0175. The Bertz CT molecular complexity index is 5130. The highest BCUT2D eigenvalue weighted by Gasteiger charge is 2.47. The van der Waals surface area contributed by atoms with Gasteiger partial charge in [0.05, 0.1) is 62.3 Å². The molecule has 14 rings (SSSR count). The number of pyridine rings is 2. The average Bonchev–Trinajstić information content (AvgIpc) is 1.58. The number of benzene rings is 6. The third-order valence-electron chi connectivity index (χ3n) is 20.8. The summed E-state index contributed by atoms with van der Waals surface area (Å²) in [7, 11) is 0. The van der Waals surface area contributed by atoms with E-state index in [2.05, 4.69) is 51.7 Å². The molecule has 2 atom stereocenters. The van der Waals surface area contributed by atoms with E-state index >= 15 is 0 Å². The van der Waals surface area contributed by atoms with Gasteiger partial charge in [-0.05, 0) is 130 Å². The molecule has 2 unspecified atom stereocenters. The maximum atomic E-state index is 13.3. The molecule has 0 aliphatic carbocycles. The number of nitrogens with one attached hydrogen (secondary N) is 6. The van der Waals surface area contributed by atoms with Crippen LogP contribution < -0.4 is 58.9 Å². The van der Waals surface area contributed by atoms with Gasteiger partial charge in [0.2, 0.25) is 35.4 Å². The van der Waals surface area contributed by atoms with Gasteiger partial charge in [0.15, 0.2) is 5.78 Å². The molecule has 0 saturated carbocycles. The second-order valence-electron chi connectivity index (χ2n) is 28.4. The van der Waals surface area contributed by atoms with E-state index in [0.717, 1.165) is 106 Å². The van der Waals surface area contributed by atoms with Gasteiger partial charge in [-0.25, -0.2) is 0 Å². The number of hydrogen-bond acceptors (Lipinski definition) is 23. The van der Waals surface area contributed by atoms with E-state index in [-0.39, 0.29) is 77.8 Å². The van der Waals surface area contributed by atoms with Gasteiger partial charge in [-0.1, -0.05) is 67.8 Å². The minimum Gasteiger partial charge on any atom is -0.480 e. The number of carbonyl (C=O) groups excluding carboxylic acids is 13. The summed E-state index contributed by atoms with van der Waals surface area (Å²) in [6.07, 6.45) is 10.4. The Balaban J connectivity index is 0.000000177. The largest absolute Gasteiger partial charge is 0.480 e. The van der Waals surface area contributed by atoms with E-state index in [4.69, 9.17) is 22.3 Å². The summed E-state index contributed by atoms with van der Waals surface area (Å²) in [5, 5.41) is 26.9. The molecular formula is C83H89N17O15. The molecular weight excluding hydrogens is 1480 g/mol. The first-order chi connectivity index (χ1) is 55.5. The van der Waals surface area contributed by atoms with Gasteiger partial charge < -0.3 is 63.2 Å². The van der Waals surface area contributed by atoms with Crippen LogP contribution in [0.1, 0.15) is 152 Å². The number of primary amides is 2. The number of fused-ring (bicyclic) bond motifs is 4.